The second-order valence-electron chi connectivity index (χ2n) is 18.9. The highest BCUT2D eigenvalue weighted by Gasteiger charge is 2.37. The Kier molecular flexibility index (Phi) is 17.7. The van der Waals surface area contributed by atoms with Crippen molar-refractivity contribution in [3.63, 3.8) is 0 Å². The van der Waals surface area contributed by atoms with Crippen LogP contribution in [0.5, 0.6) is 0 Å². The van der Waals surface area contributed by atoms with Gasteiger partial charge in [0, 0.05) is 38.4 Å². The lowest BCUT2D eigenvalue weighted by Gasteiger charge is -2.30. The van der Waals surface area contributed by atoms with Crippen molar-refractivity contribution in [2.45, 2.75) is 136 Å². The molecular formula is C47H67N11O9. The summed E-state index contributed by atoms with van der Waals surface area (Å²) in [6, 6.07) is 18.3. The maximum atomic E-state index is 13.2. The fourth-order valence-electron chi connectivity index (χ4n) is 7.37. The summed E-state index contributed by atoms with van der Waals surface area (Å²) < 4.78 is 20.9. The molecule has 0 bridgehead atoms. The largest absolute Gasteiger partial charge is 0.481 e. The summed E-state index contributed by atoms with van der Waals surface area (Å²) in [4.78, 5) is 61.8. The van der Waals surface area contributed by atoms with Gasteiger partial charge in [0.2, 0.25) is 17.7 Å². The predicted molar refractivity (Wildman–Crippen MR) is 246 cm³/mol. The van der Waals surface area contributed by atoms with E-state index in [1.165, 1.54) is 0 Å². The molecule has 7 N–H and O–H groups in total. The Hall–Kier alpha value is -6.25. The standard InChI is InChI=1S/C25H35N5O6.C22H32N6O3/c1-24(2,3)36-23(34)27-25(4,5)22(33)26-18(15-35-14-16-9-7-6-8-10-16)20-29-28-19-13-17(21(31)32)11-12-30(19)20;1-4-24-20(29)16-10-11-28-18(12-16)26-27-19(28)17(25-21(30)22(2,3)23)14-31-13-15-8-6-5-7-9-15/h6-10,17-18H,11-15H2,1-5H3,(H,26,33)(H,27,34)(H,31,32);5-9,16-17H,4,10-14,23H2,1-3H3,(H,24,29)(H,25,30)/t17?,18-;16?,17-/m11/s1. The summed E-state index contributed by atoms with van der Waals surface area (Å²) in [5.41, 5.74) is 4.96. The number of benzene rings is 2. The smallest absolute Gasteiger partial charge is 0.408 e. The molecular weight excluding hydrogens is 863 g/mol. The lowest BCUT2D eigenvalue weighted by molar-refractivity contribution is -0.142. The van der Waals surface area contributed by atoms with E-state index >= 15 is 0 Å². The quantitative estimate of drug-likeness (QED) is 0.0832. The third-order valence-electron chi connectivity index (χ3n) is 11.0. The number of carbonyl (C=O) groups is 5. The Morgan fingerprint density at radius 2 is 1.18 bits per heavy atom. The first kappa shape index (κ1) is 51.7. The van der Waals surface area contributed by atoms with Gasteiger partial charge in [-0.05, 0) is 79.4 Å². The first-order chi connectivity index (χ1) is 31.6. The van der Waals surface area contributed by atoms with Crippen LogP contribution in [-0.4, -0.2) is 101 Å². The first-order valence-corrected chi connectivity index (χ1v) is 22.6. The van der Waals surface area contributed by atoms with Crippen molar-refractivity contribution in [2.75, 3.05) is 19.8 Å². The number of hydrogen-bond acceptors (Lipinski definition) is 13. The Morgan fingerprint density at radius 1 is 0.716 bits per heavy atom. The molecule has 0 aliphatic carbocycles. The van der Waals surface area contributed by atoms with Gasteiger partial charge >= 0.3 is 12.1 Å². The van der Waals surface area contributed by atoms with Crippen LogP contribution in [0.25, 0.3) is 0 Å². The van der Waals surface area contributed by atoms with Gasteiger partial charge < -0.3 is 55.5 Å². The van der Waals surface area contributed by atoms with Gasteiger partial charge in [0.1, 0.15) is 34.9 Å². The average Bonchev–Trinajstić information content (AvgIpc) is 3.89. The molecule has 2 aliphatic rings. The Labute approximate surface area is 391 Å². The number of carbonyl (C=O) groups excluding carboxylic acids is 4. The van der Waals surface area contributed by atoms with Gasteiger partial charge in [-0.3, -0.25) is 19.2 Å². The van der Waals surface area contributed by atoms with E-state index < -0.39 is 52.7 Å². The minimum absolute atomic E-state index is 0.0410. The van der Waals surface area contributed by atoms with Crippen LogP contribution in [0.3, 0.4) is 0 Å². The van der Waals surface area contributed by atoms with E-state index in [4.69, 9.17) is 19.9 Å². The number of hydrogen-bond donors (Lipinski definition) is 6. The number of fused-ring (bicyclic) bond motifs is 2. The SMILES string of the molecule is CC(C)(C)OC(=O)NC(C)(C)C(=O)N[C@H](COCc1ccccc1)c1nnc2n1CCC(C(=O)O)C2.CCNC(=O)C1CCn2c(nnc2[C@@H](COCc2ccccc2)NC(=O)C(C)(C)N)C1. The highest BCUT2D eigenvalue weighted by molar-refractivity contribution is 5.89. The number of nitrogens with zero attached hydrogens (tertiary/aromatic N) is 6. The second kappa shape index (κ2) is 23.0. The molecule has 20 nitrogen and oxygen atoms in total. The molecule has 6 rings (SSSR count). The number of carboxylic acid groups (broad SMARTS) is 1. The molecule has 0 saturated heterocycles. The molecule has 67 heavy (non-hydrogen) atoms. The van der Waals surface area contributed by atoms with Gasteiger partial charge in [-0.2, -0.15) is 0 Å². The van der Waals surface area contributed by atoms with Crippen molar-refractivity contribution in [1.29, 1.82) is 0 Å². The highest BCUT2D eigenvalue weighted by atomic mass is 16.6. The molecule has 2 aromatic carbocycles. The van der Waals surface area contributed by atoms with E-state index in [0.29, 0.717) is 69.6 Å². The Bertz CT molecular complexity index is 2290. The van der Waals surface area contributed by atoms with Gasteiger partial charge in [0.05, 0.1) is 37.9 Å². The van der Waals surface area contributed by atoms with Gasteiger partial charge in [-0.1, -0.05) is 60.7 Å². The lowest BCUT2D eigenvalue weighted by atomic mass is 9.96. The van der Waals surface area contributed by atoms with Crippen LogP contribution in [0.15, 0.2) is 60.7 Å². The van der Waals surface area contributed by atoms with Crippen molar-refractivity contribution in [1.82, 2.24) is 50.8 Å². The van der Waals surface area contributed by atoms with Crippen molar-refractivity contribution in [3.05, 3.63) is 95.1 Å². The average molecular weight is 930 g/mol. The molecule has 20 heteroatoms. The fraction of sp³-hybridized carbons (Fsp3) is 0.553. The monoisotopic (exact) mass is 930 g/mol. The maximum absolute atomic E-state index is 13.2. The molecule has 0 spiro atoms. The summed E-state index contributed by atoms with van der Waals surface area (Å²) in [5, 5.41) is 37.8. The molecule has 4 atom stereocenters. The lowest BCUT2D eigenvalue weighted by Crippen LogP contribution is -2.56. The van der Waals surface area contributed by atoms with E-state index in [1.54, 1.807) is 48.5 Å². The summed E-state index contributed by atoms with van der Waals surface area (Å²) in [6.07, 6.45) is 1.20. The summed E-state index contributed by atoms with van der Waals surface area (Å²) >= 11 is 0. The van der Waals surface area contributed by atoms with E-state index in [-0.39, 0.29) is 37.4 Å². The van der Waals surface area contributed by atoms with Crippen LogP contribution in [0.1, 0.15) is 115 Å². The summed E-state index contributed by atoms with van der Waals surface area (Å²) in [5.74, 6) is 0.175. The van der Waals surface area contributed by atoms with E-state index in [1.807, 2.05) is 76.7 Å². The number of ether oxygens (including phenoxy) is 3. The van der Waals surface area contributed by atoms with Crippen LogP contribution < -0.4 is 27.0 Å². The Balaban J connectivity index is 0.000000254. The molecule has 364 valence electrons. The topological polar surface area (TPSA) is 269 Å². The van der Waals surface area contributed by atoms with Crippen LogP contribution in [0.2, 0.25) is 0 Å². The molecule has 2 unspecified atom stereocenters. The molecule has 0 fully saturated rings. The normalized spacial score (nSPS) is 16.7. The third kappa shape index (κ3) is 15.1. The zero-order valence-electron chi connectivity index (χ0n) is 39.8. The van der Waals surface area contributed by atoms with Crippen LogP contribution in [0, 0.1) is 11.8 Å². The zero-order chi connectivity index (χ0) is 48.9. The van der Waals surface area contributed by atoms with Crippen molar-refractivity contribution >= 4 is 29.8 Å². The number of amides is 4. The molecule has 4 heterocycles. The van der Waals surface area contributed by atoms with E-state index in [0.717, 1.165) is 17.0 Å². The van der Waals surface area contributed by atoms with Crippen LogP contribution >= 0.6 is 0 Å². The van der Waals surface area contributed by atoms with Gasteiger partial charge in [-0.15, -0.1) is 20.4 Å². The maximum Gasteiger partial charge on any atom is 0.408 e. The number of rotatable bonds is 18. The number of carboxylic acids is 1. The molecule has 2 aromatic heterocycles. The van der Waals surface area contributed by atoms with Crippen LogP contribution in [-0.2, 0) is 72.5 Å². The number of alkyl carbamates (subject to hydrolysis) is 1. The second-order valence-corrected chi connectivity index (χ2v) is 18.9. The van der Waals surface area contributed by atoms with Gasteiger partial charge in [0.25, 0.3) is 0 Å². The predicted octanol–water partition coefficient (Wildman–Crippen LogP) is 3.69. The molecule has 2 aliphatic heterocycles. The molecule has 4 aromatic rings. The van der Waals surface area contributed by atoms with Crippen molar-refractivity contribution in [3.8, 4) is 0 Å². The van der Waals surface area contributed by atoms with Gasteiger partial charge in [0.15, 0.2) is 11.6 Å². The number of aliphatic carboxylic acids is 1. The van der Waals surface area contributed by atoms with Crippen LogP contribution in [0.4, 0.5) is 4.79 Å². The third-order valence-corrected chi connectivity index (χ3v) is 11.0. The number of nitrogens with two attached hydrogens (primary N) is 1. The van der Waals surface area contributed by atoms with E-state index in [9.17, 15) is 29.1 Å². The van der Waals surface area contributed by atoms with Crippen molar-refractivity contribution < 1.29 is 43.3 Å². The summed E-state index contributed by atoms with van der Waals surface area (Å²) in [7, 11) is 0. The highest BCUT2D eigenvalue weighted by Crippen LogP contribution is 2.26. The Morgan fingerprint density at radius 3 is 1.63 bits per heavy atom. The zero-order valence-corrected chi connectivity index (χ0v) is 39.8. The first-order valence-electron chi connectivity index (χ1n) is 22.6. The summed E-state index contributed by atoms with van der Waals surface area (Å²) in [6.45, 7) is 16.3. The number of nitrogens with one attached hydrogen (secondary N) is 4. The molecule has 0 saturated carbocycles. The fourth-order valence-corrected chi connectivity index (χ4v) is 7.37. The van der Waals surface area contributed by atoms with Crippen molar-refractivity contribution in [2.24, 2.45) is 17.6 Å². The minimum Gasteiger partial charge on any atom is -0.481 e. The van der Waals surface area contributed by atoms with E-state index in [2.05, 4.69) is 41.7 Å². The number of aromatic nitrogens is 6. The van der Waals surface area contributed by atoms with Gasteiger partial charge in [-0.25, -0.2) is 4.79 Å². The minimum atomic E-state index is -1.29. The molecule has 4 amide bonds. The molecule has 0 radical (unpaired) electrons.